The van der Waals surface area contributed by atoms with Crippen LogP contribution in [-0.2, 0) is 19.6 Å². The zero-order valence-electron chi connectivity index (χ0n) is 19.0. The van der Waals surface area contributed by atoms with Gasteiger partial charge in [-0.1, -0.05) is 80.1 Å². The third-order valence-corrected chi connectivity index (χ3v) is 5.27. The van der Waals surface area contributed by atoms with Crippen molar-refractivity contribution >= 4 is 11.4 Å². The standard InChI is InChI=1S/C28H27FN2O3/c1-2-9-22-14-15-23(27(32)26(22)29)30-24-16-17-25(33-18-20-10-5-3-6-11-20)31-28(24)34-19-21-12-7-4-8-13-21/h3-8,10-17,30,32H,2,9,18-19H2,1H3. The Morgan fingerprint density at radius 1 is 0.794 bits per heavy atom. The van der Waals surface area contributed by atoms with E-state index in [0.717, 1.165) is 17.5 Å². The molecule has 34 heavy (non-hydrogen) atoms. The van der Waals surface area contributed by atoms with Crippen LogP contribution in [0.4, 0.5) is 15.8 Å². The number of nitrogens with one attached hydrogen (secondary N) is 1. The van der Waals surface area contributed by atoms with Crippen molar-refractivity contribution in [1.29, 1.82) is 0 Å². The molecule has 0 aliphatic heterocycles. The second-order valence-corrected chi connectivity index (χ2v) is 7.86. The Morgan fingerprint density at radius 2 is 1.41 bits per heavy atom. The van der Waals surface area contributed by atoms with E-state index < -0.39 is 11.6 Å². The van der Waals surface area contributed by atoms with Gasteiger partial charge in [-0.2, -0.15) is 4.98 Å². The molecule has 0 aliphatic rings. The quantitative estimate of drug-likeness (QED) is 0.257. The maximum atomic E-state index is 14.6. The molecule has 4 rings (SSSR count). The minimum Gasteiger partial charge on any atom is -0.503 e. The van der Waals surface area contributed by atoms with Gasteiger partial charge in [-0.25, -0.2) is 4.39 Å². The predicted octanol–water partition coefficient (Wildman–Crippen LogP) is 6.78. The van der Waals surface area contributed by atoms with Crippen LogP contribution in [0.15, 0.2) is 84.9 Å². The molecule has 0 saturated heterocycles. The van der Waals surface area contributed by atoms with Gasteiger partial charge in [-0.15, -0.1) is 0 Å². The number of hydrogen-bond donors (Lipinski definition) is 2. The lowest BCUT2D eigenvalue weighted by atomic mass is 10.1. The maximum absolute atomic E-state index is 14.6. The summed E-state index contributed by atoms with van der Waals surface area (Å²) in [4.78, 5) is 4.52. The average molecular weight is 459 g/mol. The summed E-state index contributed by atoms with van der Waals surface area (Å²) < 4.78 is 26.4. The van der Waals surface area contributed by atoms with E-state index in [1.165, 1.54) is 0 Å². The molecule has 0 spiro atoms. The molecule has 1 heterocycles. The molecule has 4 aromatic rings. The highest BCUT2D eigenvalue weighted by Gasteiger charge is 2.15. The molecule has 6 heteroatoms. The highest BCUT2D eigenvalue weighted by molar-refractivity contribution is 5.70. The van der Waals surface area contributed by atoms with Crippen molar-refractivity contribution in [3.05, 3.63) is 107 Å². The highest BCUT2D eigenvalue weighted by Crippen LogP contribution is 2.35. The molecular weight excluding hydrogens is 431 g/mol. The van der Waals surface area contributed by atoms with Gasteiger partial charge in [0.2, 0.25) is 11.8 Å². The van der Waals surface area contributed by atoms with Gasteiger partial charge in [-0.3, -0.25) is 0 Å². The summed E-state index contributed by atoms with van der Waals surface area (Å²) in [5.74, 6) is -0.364. The van der Waals surface area contributed by atoms with Gasteiger partial charge in [0.1, 0.15) is 18.9 Å². The Hall–Kier alpha value is -4.06. The molecule has 5 nitrogen and oxygen atoms in total. The number of pyridine rings is 1. The normalized spacial score (nSPS) is 10.6. The van der Waals surface area contributed by atoms with Gasteiger partial charge in [0.05, 0.1) is 5.69 Å². The minimum atomic E-state index is -0.616. The number of ether oxygens (including phenoxy) is 2. The fraction of sp³-hybridized carbons (Fsp3) is 0.179. The summed E-state index contributed by atoms with van der Waals surface area (Å²) in [7, 11) is 0. The first-order valence-electron chi connectivity index (χ1n) is 11.3. The van der Waals surface area contributed by atoms with E-state index in [1.807, 2.05) is 67.6 Å². The molecule has 0 atom stereocenters. The van der Waals surface area contributed by atoms with E-state index in [1.54, 1.807) is 24.3 Å². The van der Waals surface area contributed by atoms with Crippen molar-refractivity contribution in [2.75, 3.05) is 5.32 Å². The zero-order valence-corrected chi connectivity index (χ0v) is 19.0. The van der Waals surface area contributed by atoms with E-state index in [4.69, 9.17) is 9.47 Å². The summed E-state index contributed by atoms with van der Waals surface area (Å²) >= 11 is 0. The van der Waals surface area contributed by atoms with Crippen LogP contribution in [0.1, 0.15) is 30.0 Å². The third kappa shape index (κ3) is 5.84. The average Bonchev–Trinajstić information content (AvgIpc) is 2.88. The van der Waals surface area contributed by atoms with Gasteiger partial charge >= 0.3 is 0 Å². The van der Waals surface area contributed by atoms with Crippen molar-refractivity contribution in [2.24, 2.45) is 0 Å². The van der Waals surface area contributed by atoms with Gasteiger partial charge in [0.25, 0.3) is 0 Å². The van der Waals surface area contributed by atoms with Crippen LogP contribution in [0.2, 0.25) is 0 Å². The molecule has 0 saturated carbocycles. The molecule has 0 aliphatic carbocycles. The van der Waals surface area contributed by atoms with Crippen LogP contribution < -0.4 is 14.8 Å². The van der Waals surface area contributed by atoms with Crippen LogP contribution >= 0.6 is 0 Å². The van der Waals surface area contributed by atoms with E-state index in [0.29, 0.717) is 36.8 Å². The SMILES string of the molecule is CCCc1ccc(Nc2ccc(OCc3ccccc3)nc2OCc2ccccc2)c(O)c1F. The monoisotopic (exact) mass is 458 g/mol. The van der Waals surface area contributed by atoms with Crippen LogP contribution in [0.3, 0.4) is 0 Å². The first-order valence-corrected chi connectivity index (χ1v) is 11.3. The number of aromatic nitrogens is 1. The predicted molar refractivity (Wildman–Crippen MR) is 131 cm³/mol. The second kappa shape index (κ2) is 11.2. The first-order chi connectivity index (χ1) is 16.6. The third-order valence-electron chi connectivity index (χ3n) is 5.27. The Balaban J connectivity index is 1.57. The molecule has 174 valence electrons. The van der Waals surface area contributed by atoms with Crippen LogP contribution in [0.25, 0.3) is 0 Å². The van der Waals surface area contributed by atoms with Crippen molar-refractivity contribution in [2.45, 2.75) is 33.0 Å². The molecule has 2 N–H and O–H groups in total. The molecule has 0 unspecified atom stereocenters. The summed E-state index contributed by atoms with van der Waals surface area (Å²) in [5.41, 5.74) is 3.20. The van der Waals surface area contributed by atoms with Crippen LogP contribution in [0, 0.1) is 5.82 Å². The number of hydrogen-bond acceptors (Lipinski definition) is 5. The Bertz CT molecular complexity index is 1220. The Kier molecular flexibility index (Phi) is 7.60. The van der Waals surface area contributed by atoms with E-state index in [-0.39, 0.29) is 11.6 Å². The van der Waals surface area contributed by atoms with Gasteiger partial charge < -0.3 is 19.9 Å². The number of rotatable bonds is 10. The lowest BCUT2D eigenvalue weighted by Crippen LogP contribution is -2.04. The van der Waals surface area contributed by atoms with E-state index >= 15 is 0 Å². The van der Waals surface area contributed by atoms with E-state index in [2.05, 4.69) is 10.3 Å². The highest BCUT2D eigenvalue weighted by atomic mass is 19.1. The topological polar surface area (TPSA) is 63.6 Å². The van der Waals surface area contributed by atoms with E-state index in [9.17, 15) is 9.50 Å². The summed E-state index contributed by atoms with van der Waals surface area (Å²) in [6.45, 7) is 2.62. The number of aryl methyl sites for hydroxylation is 1. The lowest BCUT2D eigenvalue weighted by molar-refractivity contribution is 0.269. The van der Waals surface area contributed by atoms with Crippen molar-refractivity contribution < 1.29 is 19.0 Å². The number of nitrogens with zero attached hydrogens (tertiary/aromatic N) is 1. The van der Waals surface area contributed by atoms with Crippen molar-refractivity contribution in [3.8, 4) is 17.5 Å². The number of benzene rings is 3. The lowest BCUT2D eigenvalue weighted by Gasteiger charge is -2.16. The number of phenols is 1. The number of halogens is 1. The minimum absolute atomic E-state index is 0.238. The Labute approximate surface area is 198 Å². The fourth-order valence-corrected chi connectivity index (χ4v) is 3.48. The van der Waals surface area contributed by atoms with Crippen molar-refractivity contribution in [3.63, 3.8) is 0 Å². The molecule has 1 aromatic heterocycles. The van der Waals surface area contributed by atoms with Gasteiger partial charge in [-0.05, 0) is 35.2 Å². The molecular formula is C28H27FN2O3. The Morgan fingerprint density at radius 3 is 2.06 bits per heavy atom. The van der Waals surface area contributed by atoms with Crippen LogP contribution in [0.5, 0.6) is 17.5 Å². The fourth-order valence-electron chi connectivity index (χ4n) is 3.48. The molecule has 0 radical (unpaired) electrons. The smallest absolute Gasteiger partial charge is 0.241 e. The van der Waals surface area contributed by atoms with Crippen LogP contribution in [-0.4, -0.2) is 10.1 Å². The number of aromatic hydroxyl groups is 1. The summed E-state index contributed by atoms with van der Waals surface area (Å²) in [6, 6.07) is 26.3. The second-order valence-electron chi connectivity index (χ2n) is 7.86. The zero-order chi connectivity index (χ0) is 23.8. The summed E-state index contributed by atoms with van der Waals surface area (Å²) in [5, 5.41) is 13.5. The maximum Gasteiger partial charge on any atom is 0.241 e. The van der Waals surface area contributed by atoms with Gasteiger partial charge in [0.15, 0.2) is 11.6 Å². The number of anilines is 2. The largest absolute Gasteiger partial charge is 0.503 e. The first kappa shape index (κ1) is 23.1. The van der Waals surface area contributed by atoms with Gasteiger partial charge in [0, 0.05) is 6.07 Å². The molecule has 0 bridgehead atoms. The van der Waals surface area contributed by atoms with Crippen molar-refractivity contribution in [1.82, 2.24) is 4.98 Å². The molecule has 0 amide bonds. The molecule has 0 fully saturated rings. The number of phenolic OH excluding ortho intramolecular Hbond substituents is 1. The molecule has 3 aromatic carbocycles. The summed E-state index contributed by atoms with van der Waals surface area (Å²) in [6.07, 6.45) is 1.34.